The van der Waals surface area contributed by atoms with E-state index in [4.69, 9.17) is 4.74 Å². The van der Waals surface area contributed by atoms with Crippen molar-refractivity contribution < 1.29 is 32.2 Å². The third-order valence-corrected chi connectivity index (χ3v) is 3.02. The van der Waals surface area contributed by atoms with Gasteiger partial charge in [0.15, 0.2) is 6.61 Å². The van der Waals surface area contributed by atoms with Gasteiger partial charge < -0.3 is 14.8 Å². The summed E-state index contributed by atoms with van der Waals surface area (Å²) in [5, 5.41) is 2.34. The first-order chi connectivity index (χ1) is 12.3. The number of amides is 1. The number of aromatic nitrogens is 1. The van der Waals surface area contributed by atoms with E-state index in [2.05, 4.69) is 15.0 Å². The number of carbonyl (C=O) groups is 2. The lowest BCUT2D eigenvalue weighted by atomic mass is 10.2. The molecule has 138 valence electrons. The summed E-state index contributed by atoms with van der Waals surface area (Å²) in [4.78, 5) is 27.1. The molecule has 0 radical (unpaired) electrons. The van der Waals surface area contributed by atoms with Gasteiger partial charge in [-0.1, -0.05) is 30.3 Å². The molecule has 0 unspecified atom stereocenters. The SMILES string of the molecule is O=C(CNC(=O)c1ccc(OCC(F)(F)F)nc1)OCc1ccccc1. The molecule has 1 aromatic heterocycles. The molecular formula is C17H15F3N2O4. The molecule has 6 nitrogen and oxygen atoms in total. The highest BCUT2D eigenvalue weighted by atomic mass is 19.4. The summed E-state index contributed by atoms with van der Waals surface area (Å²) in [7, 11) is 0. The summed E-state index contributed by atoms with van der Waals surface area (Å²) >= 11 is 0. The molecule has 0 aliphatic carbocycles. The average Bonchev–Trinajstić information content (AvgIpc) is 2.63. The maximum absolute atomic E-state index is 12.0. The zero-order chi connectivity index (χ0) is 19.0. The van der Waals surface area contributed by atoms with E-state index >= 15 is 0 Å². The molecule has 0 aliphatic rings. The first-order valence-corrected chi connectivity index (χ1v) is 7.47. The molecule has 2 aromatic rings. The topological polar surface area (TPSA) is 77.5 Å². The molecular weight excluding hydrogens is 353 g/mol. The van der Waals surface area contributed by atoms with E-state index in [-0.39, 0.29) is 24.6 Å². The highest BCUT2D eigenvalue weighted by molar-refractivity contribution is 5.95. The van der Waals surface area contributed by atoms with Crippen LogP contribution in [-0.4, -0.2) is 36.2 Å². The Morgan fingerprint density at radius 2 is 1.81 bits per heavy atom. The summed E-state index contributed by atoms with van der Waals surface area (Å²) < 4.78 is 45.5. The lowest BCUT2D eigenvalue weighted by Gasteiger charge is -2.09. The Labute approximate surface area is 146 Å². The predicted octanol–water partition coefficient (Wildman–Crippen LogP) is 2.50. The number of hydrogen-bond donors (Lipinski definition) is 1. The maximum atomic E-state index is 12.0. The Morgan fingerprint density at radius 1 is 1.08 bits per heavy atom. The molecule has 0 aliphatic heterocycles. The quantitative estimate of drug-likeness (QED) is 0.760. The summed E-state index contributed by atoms with van der Waals surface area (Å²) in [5.41, 5.74) is 0.881. The normalized spacial score (nSPS) is 10.9. The van der Waals surface area contributed by atoms with Gasteiger partial charge in [-0.25, -0.2) is 4.98 Å². The number of ether oxygens (including phenoxy) is 2. The number of hydrogen-bond acceptors (Lipinski definition) is 5. The van der Waals surface area contributed by atoms with Gasteiger partial charge in [-0.2, -0.15) is 13.2 Å². The first kappa shape index (κ1) is 19.2. The van der Waals surface area contributed by atoms with E-state index < -0.39 is 24.7 Å². The summed E-state index contributed by atoms with van der Waals surface area (Å²) in [5.74, 6) is -1.50. The molecule has 1 N–H and O–H groups in total. The second kappa shape index (κ2) is 8.84. The van der Waals surface area contributed by atoms with Crippen LogP contribution in [0.1, 0.15) is 15.9 Å². The monoisotopic (exact) mass is 368 g/mol. The number of carbonyl (C=O) groups excluding carboxylic acids is 2. The van der Waals surface area contributed by atoms with Gasteiger partial charge in [-0.15, -0.1) is 0 Å². The minimum Gasteiger partial charge on any atom is -0.468 e. The van der Waals surface area contributed by atoms with Gasteiger partial charge in [0.05, 0.1) is 5.56 Å². The zero-order valence-electron chi connectivity index (χ0n) is 13.5. The molecule has 1 aromatic carbocycles. The number of nitrogens with zero attached hydrogens (tertiary/aromatic N) is 1. The maximum Gasteiger partial charge on any atom is 0.422 e. The van der Waals surface area contributed by atoms with Crippen LogP contribution in [0.4, 0.5) is 13.2 Å². The molecule has 1 heterocycles. The molecule has 2 rings (SSSR count). The van der Waals surface area contributed by atoms with Crippen LogP contribution >= 0.6 is 0 Å². The zero-order valence-corrected chi connectivity index (χ0v) is 13.5. The lowest BCUT2D eigenvalue weighted by molar-refractivity contribution is -0.154. The third kappa shape index (κ3) is 6.80. The van der Waals surface area contributed by atoms with Crippen LogP contribution in [0.5, 0.6) is 5.88 Å². The molecule has 0 fully saturated rings. The average molecular weight is 368 g/mol. The highest BCUT2D eigenvalue weighted by Gasteiger charge is 2.28. The Balaban J connectivity index is 1.75. The standard InChI is InChI=1S/C17H15F3N2O4/c18-17(19,20)11-26-14-7-6-13(8-21-14)16(24)22-9-15(23)25-10-12-4-2-1-3-5-12/h1-8H,9-11H2,(H,22,24). The predicted molar refractivity (Wildman–Crippen MR) is 84.4 cm³/mol. The van der Waals surface area contributed by atoms with Crippen molar-refractivity contribution in [2.24, 2.45) is 0 Å². The van der Waals surface area contributed by atoms with Crippen molar-refractivity contribution in [3.63, 3.8) is 0 Å². The van der Waals surface area contributed by atoms with Crippen molar-refractivity contribution >= 4 is 11.9 Å². The molecule has 0 spiro atoms. The van der Waals surface area contributed by atoms with Crippen LogP contribution in [0.2, 0.25) is 0 Å². The van der Waals surface area contributed by atoms with E-state index in [0.29, 0.717) is 0 Å². The Bertz CT molecular complexity index is 734. The summed E-state index contributed by atoms with van der Waals surface area (Å²) in [6.07, 6.45) is -3.42. The number of rotatable bonds is 7. The Morgan fingerprint density at radius 3 is 2.42 bits per heavy atom. The van der Waals surface area contributed by atoms with Crippen molar-refractivity contribution in [2.45, 2.75) is 12.8 Å². The van der Waals surface area contributed by atoms with Gasteiger partial charge >= 0.3 is 12.1 Å². The van der Waals surface area contributed by atoms with Crippen molar-refractivity contribution in [3.8, 4) is 5.88 Å². The lowest BCUT2D eigenvalue weighted by Crippen LogP contribution is -2.30. The number of pyridine rings is 1. The second-order valence-corrected chi connectivity index (χ2v) is 5.12. The number of nitrogens with one attached hydrogen (secondary N) is 1. The highest BCUT2D eigenvalue weighted by Crippen LogP contribution is 2.17. The fourth-order valence-electron chi connectivity index (χ4n) is 1.80. The van der Waals surface area contributed by atoms with Crippen molar-refractivity contribution in [2.75, 3.05) is 13.2 Å². The molecule has 0 saturated heterocycles. The van der Waals surface area contributed by atoms with Crippen LogP contribution in [0.3, 0.4) is 0 Å². The van der Waals surface area contributed by atoms with Gasteiger partial charge in [0, 0.05) is 12.3 Å². The summed E-state index contributed by atoms with van der Waals surface area (Å²) in [6.45, 7) is -1.74. The van der Waals surface area contributed by atoms with E-state index in [1.54, 1.807) is 24.3 Å². The first-order valence-electron chi connectivity index (χ1n) is 7.47. The molecule has 9 heteroatoms. The van der Waals surface area contributed by atoms with E-state index in [1.807, 2.05) is 6.07 Å². The van der Waals surface area contributed by atoms with E-state index in [0.717, 1.165) is 17.8 Å². The number of halogens is 3. The fraction of sp³-hybridized carbons (Fsp3) is 0.235. The minimum absolute atomic E-state index is 0.0696. The van der Waals surface area contributed by atoms with Gasteiger partial charge in [-0.3, -0.25) is 9.59 Å². The summed E-state index contributed by atoms with van der Waals surface area (Å²) in [6, 6.07) is 11.4. The minimum atomic E-state index is -4.47. The van der Waals surface area contributed by atoms with Crippen molar-refractivity contribution in [1.29, 1.82) is 0 Å². The van der Waals surface area contributed by atoms with Gasteiger partial charge in [0.25, 0.3) is 5.91 Å². The fourth-order valence-corrected chi connectivity index (χ4v) is 1.80. The Hall–Kier alpha value is -3.10. The van der Waals surface area contributed by atoms with Crippen molar-refractivity contribution in [1.82, 2.24) is 10.3 Å². The van der Waals surface area contributed by atoms with Crippen LogP contribution in [-0.2, 0) is 16.1 Å². The van der Waals surface area contributed by atoms with Crippen LogP contribution in [0.25, 0.3) is 0 Å². The number of alkyl halides is 3. The number of benzene rings is 1. The molecule has 1 amide bonds. The molecule has 0 atom stereocenters. The van der Waals surface area contributed by atoms with E-state index in [1.165, 1.54) is 6.07 Å². The van der Waals surface area contributed by atoms with E-state index in [9.17, 15) is 22.8 Å². The van der Waals surface area contributed by atoms with Gasteiger partial charge in [0.1, 0.15) is 13.2 Å². The largest absolute Gasteiger partial charge is 0.468 e. The van der Waals surface area contributed by atoms with Crippen LogP contribution in [0.15, 0.2) is 48.7 Å². The Kier molecular flexibility index (Phi) is 6.54. The molecule has 26 heavy (non-hydrogen) atoms. The van der Waals surface area contributed by atoms with Gasteiger partial charge in [0.2, 0.25) is 5.88 Å². The van der Waals surface area contributed by atoms with Crippen molar-refractivity contribution in [3.05, 3.63) is 59.8 Å². The van der Waals surface area contributed by atoms with Crippen LogP contribution in [0, 0.1) is 0 Å². The number of esters is 1. The third-order valence-electron chi connectivity index (χ3n) is 3.02. The van der Waals surface area contributed by atoms with Crippen LogP contribution < -0.4 is 10.1 Å². The second-order valence-electron chi connectivity index (χ2n) is 5.12. The van der Waals surface area contributed by atoms with Gasteiger partial charge in [-0.05, 0) is 11.6 Å². The molecule has 0 saturated carbocycles. The molecule has 0 bridgehead atoms. The smallest absolute Gasteiger partial charge is 0.422 e.